The van der Waals surface area contributed by atoms with Crippen molar-refractivity contribution in [2.24, 2.45) is 7.05 Å². The van der Waals surface area contributed by atoms with Gasteiger partial charge in [0.2, 0.25) is 0 Å². The van der Waals surface area contributed by atoms with E-state index in [1.165, 1.54) is 0 Å². The number of hydrogen-bond donors (Lipinski definition) is 1. The first-order valence-corrected chi connectivity index (χ1v) is 7.04. The Labute approximate surface area is 137 Å². The molecule has 0 aliphatic rings. The molecule has 9 nitrogen and oxygen atoms in total. The first-order valence-electron chi connectivity index (χ1n) is 7.04. The predicted molar refractivity (Wildman–Crippen MR) is 83.6 cm³/mol. The van der Waals surface area contributed by atoms with Crippen LogP contribution in [-0.2, 0) is 11.8 Å². The fourth-order valence-corrected chi connectivity index (χ4v) is 1.94. The van der Waals surface area contributed by atoms with Crippen molar-refractivity contribution in [3.8, 4) is 23.1 Å². The first-order chi connectivity index (χ1) is 11.7. The maximum Gasteiger partial charge on any atom is 0.322 e. The Morgan fingerprint density at radius 3 is 2.62 bits per heavy atom. The number of amides is 1. The molecule has 3 aromatic rings. The maximum atomic E-state index is 11.9. The molecule has 0 aliphatic carbocycles. The zero-order chi connectivity index (χ0) is 16.9. The third-order valence-electron chi connectivity index (χ3n) is 3.14. The van der Waals surface area contributed by atoms with E-state index in [-0.39, 0.29) is 18.5 Å². The Morgan fingerprint density at radius 2 is 1.96 bits per heavy atom. The van der Waals surface area contributed by atoms with Crippen LogP contribution in [0, 0.1) is 0 Å². The van der Waals surface area contributed by atoms with Gasteiger partial charge in [-0.3, -0.25) is 14.8 Å². The highest BCUT2D eigenvalue weighted by molar-refractivity contribution is 5.89. The van der Waals surface area contributed by atoms with Gasteiger partial charge in [-0.05, 0) is 30.3 Å². The van der Waals surface area contributed by atoms with Gasteiger partial charge in [0.1, 0.15) is 17.2 Å². The molecule has 0 fully saturated rings. The fraction of sp³-hybridized carbons (Fsp3) is 0.200. The van der Waals surface area contributed by atoms with E-state index in [0.29, 0.717) is 17.2 Å². The molecule has 0 atom stereocenters. The number of hydrogen-bond acceptors (Lipinski definition) is 7. The van der Waals surface area contributed by atoms with Crippen LogP contribution in [0.15, 0.2) is 40.9 Å². The number of carbonyl (C=O) groups is 1. The van der Waals surface area contributed by atoms with Crippen LogP contribution in [0.25, 0.3) is 11.6 Å². The second-order valence-electron chi connectivity index (χ2n) is 4.76. The second kappa shape index (κ2) is 6.82. The summed E-state index contributed by atoms with van der Waals surface area (Å²) in [5.41, 5.74) is 0.650. The quantitative estimate of drug-likeness (QED) is 0.730. The number of nitrogens with zero attached hydrogens (tertiary/aromatic N) is 4. The van der Waals surface area contributed by atoms with Crippen LogP contribution in [0.1, 0.15) is 0 Å². The van der Waals surface area contributed by atoms with Crippen LogP contribution in [0.4, 0.5) is 6.01 Å². The molecule has 0 radical (unpaired) electrons. The molecule has 24 heavy (non-hydrogen) atoms. The van der Waals surface area contributed by atoms with Gasteiger partial charge < -0.3 is 13.9 Å². The predicted octanol–water partition coefficient (Wildman–Crippen LogP) is 1.50. The molecule has 0 saturated heterocycles. The Kier molecular flexibility index (Phi) is 4.41. The minimum absolute atomic E-state index is 0.00506. The molecule has 1 amide bonds. The standard InChI is InChI=1S/C15H15N5O4/c1-20-12(7-8-16-20)14-18-19-15(24-14)17-13(21)9-23-11-5-3-10(22-2)4-6-11/h3-8H,9H2,1-2H3,(H,17,19,21). The van der Waals surface area contributed by atoms with E-state index in [0.717, 1.165) is 0 Å². The van der Waals surface area contributed by atoms with E-state index < -0.39 is 5.91 Å². The number of aromatic nitrogens is 4. The van der Waals surface area contributed by atoms with Gasteiger partial charge in [-0.15, -0.1) is 5.10 Å². The highest BCUT2D eigenvalue weighted by atomic mass is 16.5. The Balaban J connectivity index is 1.55. The third kappa shape index (κ3) is 3.51. The summed E-state index contributed by atoms with van der Waals surface area (Å²) in [4.78, 5) is 11.9. The molecular weight excluding hydrogens is 314 g/mol. The summed E-state index contributed by atoms with van der Waals surface area (Å²) in [6, 6.07) is 8.62. The molecule has 9 heteroatoms. The van der Waals surface area contributed by atoms with Crippen LogP contribution in [-0.4, -0.2) is 39.6 Å². The Bertz CT molecular complexity index is 825. The minimum Gasteiger partial charge on any atom is -0.497 e. The molecule has 124 valence electrons. The molecule has 0 saturated carbocycles. The molecule has 0 bridgehead atoms. The normalized spacial score (nSPS) is 10.4. The molecule has 2 aromatic heterocycles. The molecular formula is C15H15N5O4. The van der Waals surface area contributed by atoms with E-state index in [2.05, 4.69) is 20.6 Å². The van der Waals surface area contributed by atoms with E-state index in [9.17, 15) is 4.79 Å². The Hall–Kier alpha value is -3.36. The van der Waals surface area contributed by atoms with Crippen molar-refractivity contribution in [1.82, 2.24) is 20.0 Å². The number of aryl methyl sites for hydroxylation is 1. The summed E-state index contributed by atoms with van der Waals surface area (Å²) < 4.78 is 17.4. The topological polar surface area (TPSA) is 104 Å². The summed E-state index contributed by atoms with van der Waals surface area (Å²) in [7, 11) is 3.33. The van der Waals surface area contributed by atoms with Crippen molar-refractivity contribution < 1.29 is 18.7 Å². The summed E-state index contributed by atoms with van der Waals surface area (Å²) in [5.74, 6) is 1.11. The SMILES string of the molecule is COc1ccc(OCC(=O)Nc2nnc(-c3ccnn3C)o2)cc1. The number of methoxy groups -OCH3 is 1. The van der Waals surface area contributed by atoms with Crippen molar-refractivity contribution in [2.75, 3.05) is 19.0 Å². The summed E-state index contributed by atoms with van der Waals surface area (Å²) >= 11 is 0. The first kappa shape index (κ1) is 15.5. The van der Waals surface area contributed by atoms with Crippen LogP contribution in [0.3, 0.4) is 0 Å². The van der Waals surface area contributed by atoms with Crippen LogP contribution >= 0.6 is 0 Å². The van der Waals surface area contributed by atoms with Gasteiger partial charge in [0, 0.05) is 13.2 Å². The average Bonchev–Trinajstić information content (AvgIpc) is 3.22. The third-order valence-corrected chi connectivity index (χ3v) is 3.14. The number of carbonyl (C=O) groups excluding carboxylic acids is 1. The molecule has 0 aliphatic heterocycles. The van der Waals surface area contributed by atoms with E-state index in [1.807, 2.05) is 0 Å². The number of anilines is 1. The van der Waals surface area contributed by atoms with Gasteiger partial charge in [0.05, 0.1) is 7.11 Å². The van der Waals surface area contributed by atoms with Crippen LogP contribution in [0.2, 0.25) is 0 Å². The summed E-state index contributed by atoms with van der Waals surface area (Å²) in [6.07, 6.45) is 1.61. The molecule has 0 unspecified atom stereocenters. The summed E-state index contributed by atoms with van der Waals surface area (Å²) in [6.45, 7) is -0.185. The van der Waals surface area contributed by atoms with Crippen LogP contribution < -0.4 is 14.8 Å². The summed E-state index contributed by atoms with van der Waals surface area (Å²) in [5, 5.41) is 14.1. The number of benzene rings is 1. The lowest BCUT2D eigenvalue weighted by atomic mass is 10.3. The van der Waals surface area contributed by atoms with Gasteiger partial charge in [0.15, 0.2) is 6.61 Å². The second-order valence-corrected chi connectivity index (χ2v) is 4.76. The van der Waals surface area contributed by atoms with Crippen LogP contribution in [0.5, 0.6) is 11.5 Å². The number of rotatable bonds is 6. The zero-order valence-electron chi connectivity index (χ0n) is 13.1. The molecule has 1 aromatic carbocycles. The smallest absolute Gasteiger partial charge is 0.322 e. The van der Waals surface area contributed by atoms with Crippen molar-refractivity contribution >= 4 is 11.9 Å². The van der Waals surface area contributed by atoms with Crippen molar-refractivity contribution in [3.05, 3.63) is 36.5 Å². The van der Waals surface area contributed by atoms with Gasteiger partial charge in [-0.25, -0.2) is 0 Å². The van der Waals surface area contributed by atoms with Gasteiger partial charge >= 0.3 is 6.01 Å². The molecule has 0 spiro atoms. The minimum atomic E-state index is -0.411. The molecule has 3 rings (SSSR count). The largest absolute Gasteiger partial charge is 0.497 e. The molecule has 2 heterocycles. The lowest BCUT2D eigenvalue weighted by molar-refractivity contribution is -0.118. The van der Waals surface area contributed by atoms with E-state index >= 15 is 0 Å². The maximum absolute atomic E-state index is 11.9. The van der Waals surface area contributed by atoms with Gasteiger partial charge in [0.25, 0.3) is 11.8 Å². The lowest BCUT2D eigenvalue weighted by Crippen LogP contribution is -2.20. The number of ether oxygens (including phenoxy) is 2. The average molecular weight is 329 g/mol. The van der Waals surface area contributed by atoms with E-state index in [4.69, 9.17) is 13.9 Å². The Morgan fingerprint density at radius 1 is 1.21 bits per heavy atom. The van der Waals surface area contributed by atoms with E-state index in [1.54, 1.807) is 55.4 Å². The monoisotopic (exact) mass is 329 g/mol. The van der Waals surface area contributed by atoms with Gasteiger partial charge in [-0.1, -0.05) is 5.10 Å². The fourth-order valence-electron chi connectivity index (χ4n) is 1.94. The molecule has 1 N–H and O–H groups in total. The van der Waals surface area contributed by atoms with Crippen molar-refractivity contribution in [3.63, 3.8) is 0 Å². The highest BCUT2D eigenvalue weighted by Crippen LogP contribution is 2.19. The zero-order valence-corrected chi connectivity index (χ0v) is 13.1. The lowest BCUT2D eigenvalue weighted by Gasteiger charge is -2.06. The van der Waals surface area contributed by atoms with Gasteiger partial charge in [-0.2, -0.15) is 5.10 Å². The van der Waals surface area contributed by atoms with Crippen molar-refractivity contribution in [2.45, 2.75) is 0 Å². The highest BCUT2D eigenvalue weighted by Gasteiger charge is 2.14. The van der Waals surface area contributed by atoms with Crippen molar-refractivity contribution in [1.29, 1.82) is 0 Å². The number of nitrogens with one attached hydrogen (secondary N) is 1.